The van der Waals surface area contributed by atoms with Gasteiger partial charge in [0.25, 0.3) is 0 Å². The summed E-state index contributed by atoms with van der Waals surface area (Å²) in [6.45, 7) is 1.58. The summed E-state index contributed by atoms with van der Waals surface area (Å²) in [5, 5.41) is 0. The van der Waals surface area contributed by atoms with Crippen LogP contribution in [0.25, 0.3) is 0 Å². The number of fused-ring (bicyclic) bond motifs is 1. The van der Waals surface area contributed by atoms with E-state index in [1.165, 1.54) is 11.3 Å². The van der Waals surface area contributed by atoms with Crippen molar-refractivity contribution in [3.8, 4) is 0 Å². The van der Waals surface area contributed by atoms with Crippen molar-refractivity contribution >= 4 is 11.4 Å². The highest BCUT2D eigenvalue weighted by Gasteiger charge is 2.17. The molecule has 0 atom stereocenters. The van der Waals surface area contributed by atoms with E-state index in [0.717, 1.165) is 25.2 Å². The quantitative estimate of drug-likeness (QED) is 0.746. The molecule has 0 unspecified atom stereocenters. The Hall–Kier alpha value is -1.25. The molecule has 1 aromatic rings. The molecule has 76 valence electrons. The van der Waals surface area contributed by atoms with Gasteiger partial charge in [-0.05, 0) is 36.6 Å². The predicted octanol–water partition coefficient (Wildman–Crippen LogP) is 1.99. The Balaban J connectivity index is 2.14. The summed E-state index contributed by atoms with van der Waals surface area (Å²) >= 11 is 0. The number of nitrogen functional groups attached to an aromatic ring is 1. The molecule has 14 heavy (non-hydrogen) atoms. The number of benzene rings is 1. The van der Waals surface area contributed by atoms with Gasteiger partial charge in [0.05, 0.1) is 6.67 Å². The molecule has 2 nitrogen and oxygen atoms in total. The molecule has 0 fully saturated rings. The number of halogens is 1. The number of nitrogens with two attached hydrogens (primary N) is 1. The molecule has 0 bridgehead atoms. The van der Waals surface area contributed by atoms with Crippen LogP contribution >= 0.6 is 0 Å². The van der Waals surface area contributed by atoms with Gasteiger partial charge >= 0.3 is 0 Å². The van der Waals surface area contributed by atoms with E-state index in [-0.39, 0.29) is 6.67 Å². The van der Waals surface area contributed by atoms with E-state index in [1.807, 2.05) is 18.2 Å². The maximum atomic E-state index is 12.0. The summed E-state index contributed by atoms with van der Waals surface area (Å²) < 4.78 is 12.0. The topological polar surface area (TPSA) is 29.3 Å². The van der Waals surface area contributed by atoms with E-state index in [0.29, 0.717) is 6.42 Å². The lowest BCUT2D eigenvalue weighted by Gasteiger charge is -2.18. The zero-order valence-corrected chi connectivity index (χ0v) is 8.17. The lowest BCUT2D eigenvalue weighted by molar-refractivity contribution is 0.472. The third-order valence-electron chi connectivity index (χ3n) is 2.66. The molecule has 1 aliphatic heterocycles. The molecule has 0 amide bonds. The summed E-state index contributed by atoms with van der Waals surface area (Å²) in [6, 6.07) is 5.97. The van der Waals surface area contributed by atoms with Crippen molar-refractivity contribution in [1.29, 1.82) is 0 Å². The maximum absolute atomic E-state index is 12.0. The number of rotatable bonds is 3. The molecule has 1 aliphatic rings. The first-order chi connectivity index (χ1) is 6.81. The first-order valence-electron chi connectivity index (χ1n) is 5.00. The molecular formula is C11H15FN2. The van der Waals surface area contributed by atoms with Crippen molar-refractivity contribution in [2.24, 2.45) is 0 Å². The van der Waals surface area contributed by atoms with Crippen LogP contribution in [0.4, 0.5) is 15.8 Å². The summed E-state index contributed by atoms with van der Waals surface area (Å²) in [6.07, 6.45) is 1.65. The highest BCUT2D eigenvalue weighted by Crippen LogP contribution is 2.29. The van der Waals surface area contributed by atoms with Gasteiger partial charge in [-0.25, -0.2) is 0 Å². The van der Waals surface area contributed by atoms with Gasteiger partial charge in [-0.2, -0.15) is 0 Å². The van der Waals surface area contributed by atoms with Crippen LogP contribution in [-0.2, 0) is 6.42 Å². The van der Waals surface area contributed by atoms with Crippen molar-refractivity contribution in [3.05, 3.63) is 23.8 Å². The van der Waals surface area contributed by atoms with Crippen molar-refractivity contribution in [1.82, 2.24) is 0 Å². The van der Waals surface area contributed by atoms with Gasteiger partial charge in [0.1, 0.15) is 0 Å². The molecule has 0 saturated carbocycles. The Morgan fingerprint density at radius 1 is 1.43 bits per heavy atom. The standard InChI is InChI=1S/C11H15FN2/c12-5-1-6-14-7-4-9-8-10(13)2-3-11(9)14/h2-3,8H,1,4-7,13H2. The van der Waals surface area contributed by atoms with Gasteiger partial charge in [0, 0.05) is 24.5 Å². The second-order valence-corrected chi connectivity index (χ2v) is 3.67. The maximum Gasteiger partial charge on any atom is 0.0911 e. The smallest absolute Gasteiger partial charge is 0.0911 e. The van der Waals surface area contributed by atoms with Crippen molar-refractivity contribution in [2.45, 2.75) is 12.8 Å². The van der Waals surface area contributed by atoms with Crippen LogP contribution < -0.4 is 10.6 Å². The molecule has 3 heteroatoms. The Labute approximate surface area is 83.5 Å². The average molecular weight is 194 g/mol. The Kier molecular flexibility index (Phi) is 2.57. The molecule has 2 rings (SSSR count). The van der Waals surface area contributed by atoms with Crippen molar-refractivity contribution in [2.75, 3.05) is 30.4 Å². The Morgan fingerprint density at radius 2 is 2.29 bits per heavy atom. The van der Waals surface area contributed by atoms with Crippen LogP contribution in [0, 0.1) is 0 Å². The number of nitrogens with zero attached hydrogens (tertiary/aromatic N) is 1. The lowest BCUT2D eigenvalue weighted by Crippen LogP contribution is -2.21. The first-order valence-corrected chi connectivity index (χ1v) is 5.00. The predicted molar refractivity (Wildman–Crippen MR) is 57.4 cm³/mol. The Bertz CT molecular complexity index is 325. The second kappa shape index (κ2) is 3.86. The van der Waals surface area contributed by atoms with E-state index in [1.54, 1.807) is 0 Å². The number of alkyl halides is 1. The first kappa shape index (κ1) is 9.31. The van der Waals surface area contributed by atoms with Crippen LogP contribution in [-0.4, -0.2) is 19.8 Å². The van der Waals surface area contributed by atoms with Crippen molar-refractivity contribution in [3.63, 3.8) is 0 Å². The lowest BCUT2D eigenvalue weighted by atomic mass is 10.1. The zero-order valence-electron chi connectivity index (χ0n) is 8.17. The number of hydrogen-bond acceptors (Lipinski definition) is 2. The molecule has 0 radical (unpaired) electrons. The zero-order chi connectivity index (χ0) is 9.97. The highest BCUT2D eigenvalue weighted by atomic mass is 19.1. The van der Waals surface area contributed by atoms with Gasteiger partial charge in [0.2, 0.25) is 0 Å². The minimum absolute atomic E-state index is 0.235. The number of hydrogen-bond donors (Lipinski definition) is 1. The highest BCUT2D eigenvalue weighted by molar-refractivity contribution is 5.62. The molecule has 0 aliphatic carbocycles. The molecular weight excluding hydrogens is 179 g/mol. The third-order valence-corrected chi connectivity index (χ3v) is 2.66. The SMILES string of the molecule is Nc1ccc2c(c1)CCN2CCCF. The van der Waals surface area contributed by atoms with Crippen molar-refractivity contribution < 1.29 is 4.39 Å². The normalized spacial score (nSPS) is 14.5. The minimum Gasteiger partial charge on any atom is -0.399 e. The third kappa shape index (κ3) is 1.67. The summed E-state index contributed by atoms with van der Waals surface area (Å²) in [5.41, 5.74) is 9.04. The van der Waals surface area contributed by atoms with E-state index in [4.69, 9.17) is 5.73 Å². The molecule has 2 N–H and O–H groups in total. The van der Waals surface area contributed by atoms with Gasteiger partial charge < -0.3 is 10.6 Å². The van der Waals surface area contributed by atoms with Crippen LogP contribution in [0.5, 0.6) is 0 Å². The summed E-state index contributed by atoms with van der Waals surface area (Å²) in [5.74, 6) is 0. The monoisotopic (exact) mass is 194 g/mol. The van der Waals surface area contributed by atoms with E-state index < -0.39 is 0 Å². The molecule has 0 aromatic heterocycles. The van der Waals surface area contributed by atoms with Crippen LogP contribution in [0.2, 0.25) is 0 Å². The Morgan fingerprint density at radius 3 is 3.07 bits per heavy atom. The van der Waals surface area contributed by atoms with E-state index in [9.17, 15) is 4.39 Å². The summed E-state index contributed by atoms with van der Waals surface area (Å²) in [7, 11) is 0. The van der Waals surface area contributed by atoms with Crippen LogP contribution in [0.15, 0.2) is 18.2 Å². The minimum atomic E-state index is -0.235. The summed E-state index contributed by atoms with van der Waals surface area (Å²) in [4.78, 5) is 2.23. The van der Waals surface area contributed by atoms with Crippen LogP contribution in [0.1, 0.15) is 12.0 Å². The van der Waals surface area contributed by atoms with Gasteiger partial charge in [-0.15, -0.1) is 0 Å². The van der Waals surface area contributed by atoms with E-state index in [2.05, 4.69) is 4.90 Å². The fourth-order valence-corrected chi connectivity index (χ4v) is 1.97. The largest absolute Gasteiger partial charge is 0.399 e. The fourth-order valence-electron chi connectivity index (χ4n) is 1.97. The molecule has 1 aromatic carbocycles. The average Bonchev–Trinajstić information content (AvgIpc) is 2.57. The molecule has 0 spiro atoms. The van der Waals surface area contributed by atoms with E-state index >= 15 is 0 Å². The van der Waals surface area contributed by atoms with Gasteiger partial charge in [0.15, 0.2) is 0 Å². The molecule has 0 saturated heterocycles. The fraction of sp³-hybridized carbons (Fsp3) is 0.455. The second-order valence-electron chi connectivity index (χ2n) is 3.67. The molecule has 1 heterocycles. The van der Waals surface area contributed by atoms with Gasteiger partial charge in [-0.3, -0.25) is 4.39 Å². The number of anilines is 2. The van der Waals surface area contributed by atoms with Crippen LogP contribution in [0.3, 0.4) is 0 Å². The van der Waals surface area contributed by atoms with Gasteiger partial charge in [-0.1, -0.05) is 0 Å².